The molecule has 29 heavy (non-hydrogen) atoms. The molecule has 1 fully saturated rings. The van der Waals surface area contributed by atoms with Crippen LogP contribution in [0.4, 0.5) is 0 Å². The number of amides is 2. The Labute approximate surface area is 171 Å². The van der Waals surface area contributed by atoms with E-state index in [4.69, 9.17) is 0 Å². The van der Waals surface area contributed by atoms with E-state index in [1.165, 1.54) is 0 Å². The molecule has 1 aliphatic rings. The number of sulfone groups is 1. The molecule has 1 aliphatic heterocycles. The Kier molecular flexibility index (Phi) is 7.04. The summed E-state index contributed by atoms with van der Waals surface area (Å²) >= 11 is 0. The van der Waals surface area contributed by atoms with Crippen molar-refractivity contribution < 1.29 is 18.0 Å². The Morgan fingerprint density at radius 1 is 0.724 bits per heavy atom. The highest BCUT2D eigenvalue weighted by Crippen LogP contribution is 2.30. The number of carbonyl (C=O) groups excluding carboxylic acids is 2. The van der Waals surface area contributed by atoms with Crippen molar-refractivity contribution in [3.8, 4) is 0 Å². The zero-order valence-corrected chi connectivity index (χ0v) is 17.0. The van der Waals surface area contributed by atoms with Crippen LogP contribution in [0.15, 0.2) is 60.7 Å². The van der Waals surface area contributed by atoms with Crippen molar-refractivity contribution in [2.75, 3.05) is 11.5 Å². The van der Waals surface area contributed by atoms with Gasteiger partial charge in [-0.3, -0.25) is 9.59 Å². The molecule has 2 aromatic carbocycles. The van der Waals surface area contributed by atoms with E-state index in [1.54, 1.807) is 0 Å². The van der Waals surface area contributed by atoms with E-state index in [9.17, 15) is 18.0 Å². The van der Waals surface area contributed by atoms with Crippen LogP contribution in [0.3, 0.4) is 0 Å². The first-order valence-electron chi connectivity index (χ1n) is 9.73. The van der Waals surface area contributed by atoms with Crippen molar-refractivity contribution in [2.24, 2.45) is 11.8 Å². The van der Waals surface area contributed by atoms with Crippen LogP contribution < -0.4 is 10.6 Å². The first kappa shape index (κ1) is 21.0. The second-order valence-corrected chi connectivity index (χ2v) is 9.68. The molecular weight excluding hydrogens is 388 g/mol. The molecule has 6 nitrogen and oxygen atoms in total. The Balaban J connectivity index is 1.51. The van der Waals surface area contributed by atoms with Crippen LogP contribution in [0.2, 0.25) is 0 Å². The van der Waals surface area contributed by atoms with Crippen molar-refractivity contribution in [3.63, 3.8) is 0 Å². The number of hydrogen-bond acceptors (Lipinski definition) is 4. The Morgan fingerprint density at radius 2 is 1.10 bits per heavy atom. The van der Waals surface area contributed by atoms with Gasteiger partial charge in [-0.1, -0.05) is 60.7 Å². The van der Waals surface area contributed by atoms with E-state index in [0.717, 1.165) is 11.1 Å². The average molecular weight is 415 g/mol. The van der Waals surface area contributed by atoms with Gasteiger partial charge in [0.25, 0.3) is 0 Å². The molecule has 1 saturated heterocycles. The van der Waals surface area contributed by atoms with E-state index in [2.05, 4.69) is 10.6 Å². The normalized spacial score (nSPS) is 20.1. The number of rotatable bonds is 8. The quantitative estimate of drug-likeness (QED) is 0.692. The topological polar surface area (TPSA) is 92.3 Å². The van der Waals surface area contributed by atoms with Gasteiger partial charge in [-0.25, -0.2) is 8.42 Å². The minimum absolute atomic E-state index is 0.0393. The van der Waals surface area contributed by atoms with E-state index in [1.807, 2.05) is 60.7 Å². The SMILES string of the molecule is O=C(CC1CS(=O)(=O)CC1CC(=O)NCc1ccccc1)NCc1ccccc1. The lowest BCUT2D eigenvalue weighted by Gasteiger charge is -2.17. The summed E-state index contributed by atoms with van der Waals surface area (Å²) in [5.74, 6) is -1.13. The number of nitrogens with one attached hydrogen (secondary N) is 2. The number of carbonyl (C=O) groups is 2. The maximum Gasteiger partial charge on any atom is 0.220 e. The van der Waals surface area contributed by atoms with Crippen molar-refractivity contribution >= 4 is 21.7 Å². The van der Waals surface area contributed by atoms with Crippen molar-refractivity contribution in [1.29, 1.82) is 0 Å². The molecule has 2 unspecified atom stereocenters. The van der Waals surface area contributed by atoms with Gasteiger partial charge in [0.2, 0.25) is 11.8 Å². The smallest absolute Gasteiger partial charge is 0.220 e. The first-order chi connectivity index (χ1) is 13.9. The van der Waals surface area contributed by atoms with Crippen molar-refractivity contribution in [2.45, 2.75) is 25.9 Å². The summed E-state index contributed by atoms with van der Waals surface area (Å²) in [6.45, 7) is 0.808. The van der Waals surface area contributed by atoms with Gasteiger partial charge in [-0.15, -0.1) is 0 Å². The standard InChI is InChI=1S/C22H26N2O4S/c25-21(23-13-17-7-3-1-4-8-17)11-19-15-29(27,28)16-20(19)12-22(26)24-14-18-9-5-2-6-10-18/h1-10,19-20H,11-16H2,(H,23,25)(H,24,26). The monoisotopic (exact) mass is 414 g/mol. The fraction of sp³-hybridized carbons (Fsp3) is 0.364. The molecule has 0 spiro atoms. The highest BCUT2D eigenvalue weighted by molar-refractivity contribution is 7.91. The summed E-state index contributed by atoms with van der Waals surface area (Å²) in [5.41, 5.74) is 1.97. The van der Waals surface area contributed by atoms with Crippen LogP contribution in [0.1, 0.15) is 24.0 Å². The highest BCUT2D eigenvalue weighted by Gasteiger charge is 2.39. The fourth-order valence-electron chi connectivity index (χ4n) is 3.66. The number of benzene rings is 2. The number of hydrogen-bond donors (Lipinski definition) is 2. The Hall–Kier alpha value is -2.67. The van der Waals surface area contributed by atoms with E-state index in [-0.39, 0.29) is 48.0 Å². The summed E-state index contributed by atoms with van der Waals surface area (Å²) in [6, 6.07) is 19.1. The van der Waals surface area contributed by atoms with Gasteiger partial charge < -0.3 is 10.6 Å². The van der Waals surface area contributed by atoms with E-state index < -0.39 is 9.84 Å². The Morgan fingerprint density at radius 3 is 1.48 bits per heavy atom. The van der Waals surface area contributed by atoms with Crippen LogP contribution in [0.5, 0.6) is 0 Å². The molecule has 1 heterocycles. The summed E-state index contributed by atoms with van der Waals surface area (Å²) in [5, 5.41) is 5.68. The van der Waals surface area contributed by atoms with Gasteiger partial charge in [-0.05, 0) is 23.0 Å². The highest BCUT2D eigenvalue weighted by atomic mass is 32.2. The third-order valence-electron chi connectivity index (χ3n) is 5.16. The van der Waals surface area contributed by atoms with Crippen molar-refractivity contribution in [3.05, 3.63) is 71.8 Å². The molecule has 3 rings (SSSR count). The lowest BCUT2D eigenvalue weighted by Crippen LogP contribution is -2.30. The lowest BCUT2D eigenvalue weighted by molar-refractivity contribution is -0.124. The largest absolute Gasteiger partial charge is 0.352 e. The van der Waals surface area contributed by atoms with Crippen LogP contribution in [0, 0.1) is 11.8 Å². The molecule has 2 atom stereocenters. The molecule has 0 radical (unpaired) electrons. The zero-order chi connectivity index (χ0) is 20.7. The van der Waals surface area contributed by atoms with Gasteiger partial charge in [0, 0.05) is 25.9 Å². The molecule has 154 valence electrons. The van der Waals surface area contributed by atoms with Gasteiger partial charge in [-0.2, -0.15) is 0 Å². The summed E-state index contributed by atoms with van der Waals surface area (Å²) in [7, 11) is -3.23. The molecule has 7 heteroatoms. The van der Waals surface area contributed by atoms with Crippen LogP contribution in [0.25, 0.3) is 0 Å². The molecular formula is C22H26N2O4S. The van der Waals surface area contributed by atoms with Gasteiger partial charge in [0.15, 0.2) is 9.84 Å². The van der Waals surface area contributed by atoms with Gasteiger partial charge >= 0.3 is 0 Å². The van der Waals surface area contributed by atoms with Crippen LogP contribution in [-0.2, 0) is 32.5 Å². The zero-order valence-electron chi connectivity index (χ0n) is 16.2. The third-order valence-corrected chi connectivity index (χ3v) is 7.03. The summed E-state index contributed by atoms with van der Waals surface area (Å²) in [4.78, 5) is 24.6. The minimum atomic E-state index is -3.23. The maximum atomic E-state index is 12.3. The van der Waals surface area contributed by atoms with E-state index >= 15 is 0 Å². The predicted octanol–water partition coefficient (Wildman–Crippen LogP) is 2.06. The van der Waals surface area contributed by atoms with E-state index in [0.29, 0.717) is 13.1 Å². The van der Waals surface area contributed by atoms with Crippen LogP contribution >= 0.6 is 0 Å². The molecule has 0 bridgehead atoms. The molecule has 2 amide bonds. The average Bonchev–Trinajstić information content (AvgIpc) is 2.99. The fourth-order valence-corrected chi connectivity index (χ4v) is 5.88. The second kappa shape index (κ2) is 9.69. The summed E-state index contributed by atoms with van der Waals surface area (Å²) in [6.07, 6.45) is 0.228. The van der Waals surface area contributed by atoms with Crippen molar-refractivity contribution in [1.82, 2.24) is 10.6 Å². The molecule has 2 N–H and O–H groups in total. The molecule has 2 aromatic rings. The molecule has 0 aromatic heterocycles. The Bertz CT molecular complexity index is 858. The van der Waals surface area contributed by atoms with Gasteiger partial charge in [0.1, 0.15) is 0 Å². The summed E-state index contributed by atoms with van der Waals surface area (Å²) < 4.78 is 24.2. The minimum Gasteiger partial charge on any atom is -0.352 e. The van der Waals surface area contributed by atoms with Gasteiger partial charge in [0.05, 0.1) is 11.5 Å². The van der Waals surface area contributed by atoms with Crippen LogP contribution in [-0.4, -0.2) is 31.7 Å². The predicted molar refractivity (Wildman–Crippen MR) is 111 cm³/mol. The second-order valence-electron chi connectivity index (χ2n) is 7.53. The maximum absolute atomic E-state index is 12.3. The third kappa shape index (κ3) is 6.71. The lowest BCUT2D eigenvalue weighted by atomic mass is 9.89. The molecule has 0 aliphatic carbocycles. The molecule has 0 saturated carbocycles. The first-order valence-corrected chi connectivity index (χ1v) is 11.5.